The zero-order valence-corrected chi connectivity index (χ0v) is 18.4. The first-order valence-corrected chi connectivity index (χ1v) is 11.5. The van der Waals surface area contributed by atoms with Gasteiger partial charge < -0.3 is 20.3 Å². The quantitative estimate of drug-likeness (QED) is 0.593. The highest BCUT2D eigenvalue weighted by molar-refractivity contribution is 6.05. The first kappa shape index (κ1) is 21.1. The largest absolute Gasteiger partial charge is 0.480 e. The van der Waals surface area contributed by atoms with Crippen LogP contribution in [0.25, 0.3) is 0 Å². The van der Waals surface area contributed by atoms with E-state index in [0.29, 0.717) is 17.7 Å². The number of anilines is 3. The average molecular weight is 442 g/mol. The van der Waals surface area contributed by atoms with Gasteiger partial charge in [-0.1, -0.05) is 24.3 Å². The molecule has 5 rings (SSSR count). The normalized spacial score (nSPS) is 17.1. The number of nitrogens with one attached hydrogen (secondary N) is 2. The Labute approximate surface area is 193 Å². The molecule has 6 heteroatoms. The number of nitrogens with zero attached hydrogens (tertiary/aromatic N) is 1. The summed E-state index contributed by atoms with van der Waals surface area (Å²) < 4.78 is 5.76. The van der Waals surface area contributed by atoms with Crippen LogP contribution in [0.1, 0.15) is 35.2 Å². The molecule has 1 unspecified atom stereocenters. The van der Waals surface area contributed by atoms with Crippen LogP contribution in [0.4, 0.5) is 17.1 Å². The summed E-state index contributed by atoms with van der Waals surface area (Å²) in [5, 5.41) is 5.81. The van der Waals surface area contributed by atoms with Crippen molar-refractivity contribution < 1.29 is 14.3 Å². The predicted molar refractivity (Wildman–Crippen MR) is 130 cm³/mol. The fraction of sp³-hybridized carbons (Fsp3) is 0.259. The van der Waals surface area contributed by atoms with E-state index in [-0.39, 0.29) is 11.8 Å². The number of fused-ring (bicyclic) bond motifs is 1. The molecule has 1 fully saturated rings. The van der Waals surface area contributed by atoms with Gasteiger partial charge in [-0.05, 0) is 73.4 Å². The molecule has 3 aromatic rings. The maximum Gasteiger partial charge on any atom is 0.265 e. The lowest BCUT2D eigenvalue weighted by Gasteiger charge is -2.28. The lowest BCUT2D eigenvalue weighted by Crippen LogP contribution is -2.31. The van der Waals surface area contributed by atoms with Crippen molar-refractivity contribution in [3.05, 3.63) is 83.9 Å². The molecule has 2 amide bonds. The van der Waals surface area contributed by atoms with Crippen molar-refractivity contribution in [2.75, 3.05) is 28.6 Å². The number of hydrogen-bond acceptors (Lipinski definition) is 4. The van der Waals surface area contributed by atoms with E-state index >= 15 is 0 Å². The summed E-state index contributed by atoms with van der Waals surface area (Å²) in [6, 6.07) is 22.6. The molecule has 2 aliphatic heterocycles. The standard InChI is InChI=1S/C27H27N3O3/c31-26(28-21-11-13-23(14-12-21)30-15-4-1-5-16-30)20-8-6-9-22(17-20)29-27(32)25-18-19-7-2-3-10-24(19)33-25/h2-3,6-14,17,25H,1,4-5,15-16,18H2,(H,28,31)(H,29,32). The Balaban J connectivity index is 1.20. The van der Waals surface area contributed by atoms with Gasteiger partial charge in [-0.15, -0.1) is 0 Å². The summed E-state index contributed by atoms with van der Waals surface area (Å²) in [6.07, 6.45) is 3.72. The number of piperidine rings is 1. The fourth-order valence-electron chi connectivity index (χ4n) is 4.40. The molecule has 0 aliphatic carbocycles. The predicted octanol–water partition coefficient (Wildman–Crippen LogP) is 4.87. The van der Waals surface area contributed by atoms with Gasteiger partial charge in [0.1, 0.15) is 5.75 Å². The molecule has 0 bridgehead atoms. The minimum absolute atomic E-state index is 0.221. The van der Waals surface area contributed by atoms with E-state index < -0.39 is 6.10 Å². The number of rotatable bonds is 5. The van der Waals surface area contributed by atoms with Crippen LogP contribution >= 0.6 is 0 Å². The number of carbonyl (C=O) groups is 2. The topological polar surface area (TPSA) is 70.7 Å². The average Bonchev–Trinajstić information content (AvgIpc) is 3.30. The molecule has 0 aromatic heterocycles. The number of hydrogen-bond donors (Lipinski definition) is 2. The molecular formula is C27H27N3O3. The van der Waals surface area contributed by atoms with Crippen molar-refractivity contribution in [1.29, 1.82) is 0 Å². The smallest absolute Gasteiger partial charge is 0.265 e. The van der Waals surface area contributed by atoms with Crippen LogP contribution in [-0.2, 0) is 11.2 Å². The zero-order valence-electron chi connectivity index (χ0n) is 18.4. The minimum Gasteiger partial charge on any atom is -0.480 e. The highest BCUT2D eigenvalue weighted by atomic mass is 16.5. The first-order chi connectivity index (χ1) is 16.2. The Morgan fingerprint density at radius 3 is 2.39 bits per heavy atom. The summed E-state index contributed by atoms with van der Waals surface area (Å²) in [4.78, 5) is 27.8. The maximum atomic E-state index is 12.8. The van der Waals surface area contributed by atoms with Crippen LogP contribution in [0, 0.1) is 0 Å². The van der Waals surface area contributed by atoms with Crippen LogP contribution in [0.2, 0.25) is 0 Å². The van der Waals surface area contributed by atoms with Crippen molar-refractivity contribution in [2.45, 2.75) is 31.8 Å². The van der Waals surface area contributed by atoms with Crippen molar-refractivity contribution in [1.82, 2.24) is 0 Å². The van der Waals surface area contributed by atoms with E-state index in [0.717, 1.165) is 30.1 Å². The molecule has 0 spiro atoms. The molecule has 1 saturated heterocycles. The lowest BCUT2D eigenvalue weighted by molar-refractivity contribution is -0.122. The van der Waals surface area contributed by atoms with Gasteiger partial charge in [-0.2, -0.15) is 0 Å². The summed E-state index contributed by atoms with van der Waals surface area (Å²) >= 11 is 0. The van der Waals surface area contributed by atoms with Gasteiger partial charge in [0.2, 0.25) is 0 Å². The molecule has 168 valence electrons. The Hall–Kier alpha value is -3.80. The monoisotopic (exact) mass is 441 g/mol. The summed E-state index contributed by atoms with van der Waals surface area (Å²) in [7, 11) is 0. The number of carbonyl (C=O) groups excluding carboxylic acids is 2. The van der Waals surface area contributed by atoms with E-state index in [9.17, 15) is 9.59 Å². The van der Waals surface area contributed by atoms with E-state index in [2.05, 4.69) is 27.7 Å². The van der Waals surface area contributed by atoms with Gasteiger partial charge in [0.05, 0.1) is 0 Å². The van der Waals surface area contributed by atoms with E-state index in [1.807, 2.05) is 36.4 Å². The third-order valence-corrected chi connectivity index (χ3v) is 6.18. The van der Waals surface area contributed by atoms with Crippen molar-refractivity contribution >= 4 is 28.9 Å². The Bertz CT molecular complexity index is 1130. The molecule has 2 N–H and O–H groups in total. The van der Waals surface area contributed by atoms with Crippen molar-refractivity contribution in [2.24, 2.45) is 0 Å². The minimum atomic E-state index is -0.571. The molecule has 2 heterocycles. The first-order valence-electron chi connectivity index (χ1n) is 11.5. The van der Waals surface area contributed by atoms with Crippen LogP contribution < -0.4 is 20.3 Å². The highest BCUT2D eigenvalue weighted by Gasteiger charge is 2.28. The second-order valence-electron chi connectivity index (χ2n) is 8.54. The van der Waals surface area contributed by atoms with Crippen LogP contribution in [-0.4, -0.2) is 31.0 Å². The van der Waals surface area contributed by atoms with Crippen LogP contribution in [0.3, 0.4) is 0 Å². The molecule has 6 nitrogen and oxygen atoms in total. The molecule has 33 heavy (non-hydrogen) atoms. The van der Waals surface area contributed by atoms with E-state index in [4.69, 9.17) is 4.74 Å². The maximum absolute atomic E-state index is 12.8. The fourth-order valence-corrected chi connectivity index (χ4v) is 4.40. The van der Waals surface area contributed by atoms with Gasteiger partial charge >= 0.3 is 0 Å². The SMILES string of the molecule is O=C(Nc1ccc(N2CCCCC2)cc1)c1cccc(NC(=O)C2Cc3ccccc3O2)c1. The van der Waals surface area contributed by atoms with Crippen LogP contribution in [0.15, 0.2) is 72.8 Å². The molecular weight excluding hydrogens is 414 g/mol. The van der Waals surface area contributed by atoms with Crippen molar-refractivity contribution in [3.8, 4) is 5.75 Å². The number of amides is 2. The van der Waals surface area contributed by atoms with E-state index in [1.54, 1.807) is 24.3 Å². The highest BCUT2D eigenvalue weighted by Crippen LogP contribution is 2.29. The summed E-state index contributed by atoms with van der Waals surface area (Å²) in [6.45, 7) is 2.17. The number of ether oxygens (including phenoxy) is 1. The van der Waals surface area contributed by atoms with E-state index in [1.165, 1.54) is 24.9 Å². The Kier molecular flexibility index (Phi) is 5.98. The van der Waals surface area contributed by atoms with Gasteiger partial charge in [-0.3, -0.25) is 9.59 Å². The molecule has 0 radical (unpaired) electrons. The van der Waals surface area contributed by atoms with Gasteiger partial charge in [0, 0.05) is 42.1 Å². The molecule has 0 saturated carbocycles. The third-order valence-electron chi connectivity index (χ3n) is 6.18. The summed E-state index contributed by atoms with van der Waals surface area (Å²) in [5.74, 6) is 0.301. The zero-order chi connectivity index (χ0) is 22.6. The second kappa shape index (κ2) is 9.36. The number of benzene rings is 3. The third kappa shape index (κ3) is 4.85. The van der Waals surface area contributed by atoms with Gasteiger partial charge in [-0.25, -0.2) is 0 Å². The molecule has 2 aliphatic rings. The van der Waals surface area contributed by atoms with Crippen molar-refractivity contribution in [3.63, 3.8) is 0 Å². The lowest BCUT2D eigenvalue weighted by atomic mass is 10.1. The molecule has 1 atom stereocenters. The van der Waals surface area contributed by atoms with Crippen LogP contribution in [0.5, 0.6) is 5.75 Å². The summed E-state index contributed by atoms with van der Waals surface area (Å²) in [5.41, 5.74) is 3.99. The van der Waals surface area contributed by atoms with Gasteiger partial charge in [0.25, 0.3) is 11.8 Å². The Morgan fingerprint density at radius 2 is 1.61 bits per heavy atom. The molecule has 3 aromatic carbocycles. The Morgan fingerprint density at radius 1 is 0.818 bits per heavy atom. The number of para-hydroxylation sites is 1. The second-order valence-corrected chi connectivity index (χ2v) is 8.54. The van der Waals surface area contributed by atoms with Gasteiger partial charge in [0.15, 0.2) is 6.10 Å².